The normalized spacial score (nSPS) is 12.0. The summed E-state index contributed by atoms with van der Waals surface area (Å²) in [5, 5.41) is 0.743. The molecular weight excluding hydrogens is 355 g/mol. The largest absolute Gasteiger partial charge is 0.479 e. The van der Waals surface area contributed by atoms with E-state index < -0.39 is 17.9 Å². The average Bonchev–Trinajstić information content (AvgIpc) is 3.06. The molecule has 2 N–H and O–H groups in total. The van der Waals surface area contributed by atoms with Crippen molar-refractivity contribution in [1.29, 1.82) is 0 Å². The predicted octanol–water partition coefficient (Wildman–Crippen LogP) is 3.21. The van der Waals surface area contributed by atoms with Gasteiger partial charge in [0.1, 0.15) is 11.5 Å². The van der Waals surface area contributed by atoms with Crippen LogP contribution in [0.2, 0.25) is 10.0 Å². The van der Waals surface area contributed by atoms with Gasteiger partial charge in [-0.3, -0.25) is 20.4 Å². The van der Waals surface area contributed by atoms with Gasteiger partial charge >= 0.3 is 0 Å². The third kappa shape index (κ3) is 5.33. The van der Waals surface area contributed by atoms with Crippen LogP contribution in [-0.4, -0.2) is 17.9 Å². The van der Waals surface area contributed by atoms with Crippen molar-refractivity contribution in [2.45, 2.75) is 13.0 Å². The number of rotatable bonds is 5. The number of benzene rings is 1. The summed E-state index contributed by atoms with van der Waals surface area (Å²) in [4.78, 5) is 23.5. The number of hydrazine groups is 1. The molecule has 0 fully saturated rings. The maximum Gasteiger partial charge on any atom is 0.279 e. The number of amides is 2. The van der Waals surface area contributed by atoms with Gasteiger partial charge in [-0.05, 0) is 43.3 Å². The lowest BCUT2D eigenvalue weighted by atomic mass is 10.3. The number of furan rings is 1. The first-order valence-electron chi connectivity index (χ1n) is 6.89. The van der Waals surface area contributed by atoms with Crippen LogP contribution in [0.4, 0.5) is 0 Å². The molecule has 2 aromatic rings. The fraction of sp³-hybridized carbons (Fsp3) is 0.125. The lowest BCUT2D eigenvalue weighted by Gasteiger charge is -2.15. The third-order valence-corrected chi connectivity index (χ3v) is 3.35. The van der Waals surface area contributed by atoms with Gasteiger partial charge in [-0.25, -0.2) is 0 Å². The standard InChI is InChI=1S/C16H14Cl2N2O4/c1-10(24-14-6-4-11(17)9-13(14)18)16(22)20-19-15(21)7-5-12-3-2-8-23-12/h2-10H,1H3,(H,19,21)(H,20,22)/b7-5+. The molecule has 0 radical (unpaired) electrons. The molecule has 1 heterocycles. The molecule has 1 atom stereocenters. The van der Waals surface area contributed by atoms with Gasteiger partial charge in [0, 0.05) is 11.1 Å². The van der Waals surface area contributed by atoms with E-state index in [1.807, 2.05) is 0 Å². The van der Waals surface area contributed by atoms with Crippen molar-refractivity contribution in [3.8, 4) is 5.75 Å². The van der Waals surface area contributed by atoms with E-state index in [4.69, 9.17) is 32.4 Å². The Hall–Kier alpha value is -2.44. The van der Waals surface area contributed by atoms with Crippen LogP contribution in [0.25, 0.3) is 6.08 Å². The molecule has 2 amide bonds. The summed E-state index contributed by atoms with van der Waals surface area (Å²) >= 11 is 11.8. The van der Waals surface area contributed by atoms with Crippen molar-refractivity contribution in [1.82, 2.24) is 10.9 Å². The van der Waals surface area contributed by atoms with Crippen LogP contribution in [0.3, 0.4) is 0 Å². The highest BCUT2D eigenvalue weighted by Gasteiger charge is 2.16. The van der Waals surface area contributed by atoms with Crippen LogP contribution in [0.15, 0.2) is 47.1 Å². The first kappa shape index (κ1) is 17.9. The molecule has 0 saturated carbocycles. The smallest absolute Gasteiger partial charge is 0.279 e. The summed E-state index contributed by atoms with van der Waals surface area (Å²) in [5.41, 5.74) is 4.48. The lowest BCUT2D eigenvalue weighted by Crippen LogP contribution is -2.46. The number of hydrogen-bond donors (Lipinski definition) is 2. The first-order valence-corrected chi connectivity index (χ1v) is 7.64. The van der Waals surface area contributed by atoms with E-state index in [9.17, 15) is 9.59 Å². The minimum atomic E-state index is -0.877. The van der Waals surface area contributed by atoms with Gasteiger partial charge in [0.05, 0.1) is 11.3 Å². The van der Waals surface area contributed by atoms with Gasteiger partial charge in [0.2, 0.25) is 0 Å². The zero-order valence-electron chi connectivity index (χ0n) is 12.6. The zero-order valence-corrected chi connectivity index (χ0v) is 14.1. The number of halogens is 2. The highest BCUT2D eigenvalue weighted by Crippen LogP contribution is 2.28. The topological polar surface area (TPSA) is 80.6 Å². The molecule has 6 nitrogen and oxygen atoms in total. The summed E-state index contributed by atoms with van der Waals surface area (Å²) in [5.74, 6) is -0.226. The molecule has 0 aliphatic carbocycles. The second kappa shape index (κ2) is 8.42. The molecule has 126 valence electrons. The quantitative estimate of drug-likeness (QED) is 0.627. The van der Waals surface area contributed by atoms with Gasteiger partial charge < -0.3 is 9.15 Å². The zero-order chi connectivity index (χ0) is 17.5. The Labute approximate surface area is 148 Å². The Bertz CT molecular complexity index is 745. The summed E-state index contributed by atoms with van der Waals surface area (Å²) in [6.45, 7) is 1.52. The molecular formula is C16H14Cl2N2O4. The van der Waals surface area contributed by atoms with Crippen molar-refractivity contribution >= 4 is 41.1 Å². The molecule has 8 heteroatoms. The number of carbonyl (C=O) groups is 2. The minimum Gasteiger partial charge on any atom is -0.479 e. The summed E-state index contributed by atoms with van der Waals surface area (Å²) in [6.07, 6.45) is 3.30. The van der Waals surface area contributed by atoms with Gasteiger partial charge in [0.25, 0.3) is 11.8 Å². The maximum atomic E-state index is 11.9. The Morgan fingerprint density at radius 3 is 2.71 bits per heavy atom. The molecule has 1 aromatic heterocycles. The average molecular weight is 369 g/mol. The number of ether oxygens (including phenoxy) is 1. The molecule has 0 saturated heterocycles. The maximum absolute atomic E-state index is 11.9. The molecule has 0 aliphatic heterocycles. The van der Waals surface area contributed by atoms with Crippen molar-refractivity contribution < 1.29 is 18.7 Å². The van der Waals surface area contributed by atoms with Crippen LogP contribution in [-0.2, 0) is 9.59 Å². The van der Waals surface area contributed by atoms with Gasteiger partial charge in [0.15, 0.2) is 6.10 Å². The summed E-state index contributed by atoms with van der Waals surface area (Å²) < 4.78 is 10.5. The van der Waals surface area contributed by atoms with Crippen LogP contribution in [0.1, 0.15) is 12.7 Å². The van der Waals surface area contributed by atoms with Gasteiger partial charge in [-0.15, -0.1) is 0 Å². The Morgan fingerprint density at radius 1 is 1.25 bits per heavy atom. The van der Waals surface area contributed by atoms with Crippen molar-refractivity contribution in [2.24, 2.45) is 0 Å². The molecule has 2 rings (SSSR count). The van der Waals surface area contributed by atoms with E-state index in [-0.39, 0.29) is 5.02 Å². The van der Waals surface area contributed by atoms with Gasteiger partial charge in [-0.1, -0.05) is 23.2 Å². The number of carbonyl (C=O) groups excluding carboxylic acids is 2. The van der Waals surface area contributed by atoms with Crippen LogP contribution in [0.5, 0.6) is 5.75 Å². The molecule has 1 aromatic carbocycles. The SMILES string of the molecule is CC(Oc1ccc(Cl)cc1Cl)C(=O)NNC(=O)/C=C/c1ccco1. The van der Waals surface area contributed by atoms with Crippen LogP contribution >= 0.6 is 23.2 Å². The van der Waals surface area contributed by atoms with Crippen molar-refractivity contribution in [3.05, 3.63) is 58.5 Å². The lowest BCUT2D eigenvalue weighted by molar-refractivity contribution is -0.131. The van der Waals surface area contributed by atoms with Crippen molar-refractivity contribution in [2.75, 3.05) is 0 Å². The van der Waals surface area contributed by atoms with E-state index >= 15 is 0 Å². The Kier molecular flexibility index (Phi) is 6.28. The highest BCUT2D eigenvalue weighted by atomic mass is 35.5. The number of hydrogen-bond acceptors (Lipinski definition) is 4. The molecule has 0 bridgehead atoms. The van der Waals surface area contributed by atoms with Crippen LogP contribution in [0, 0.1) is 0 Å². The van der Waals surface area contributed by atoms with E-state index in [0.717, 1.165) is 0 Å². The monoisotopic (exact) mass is 368 g/mol. The second-order valence-corrected chi connectivity index (χ2v) is 5.51. The van der Waals surface area contributed by atoms with E-state index in [2.05, 4.69) is 10.9 Å². The molecule has 1 unspecified atom stereocenters. The third-order valence-electron chi connectivity index (χ3n) is 2.82. The molecule has 0 spiro atoms. The van der Waals surface area contributed by atoms with E-state index in [0.29, 0.717) is 16.5 Å². The van der Waals surface area contributed by atoms with E-state index in [1.165, 1.54) is 31.4 Å². The minimum absolute atomic E-state index is 0.285. The Balaban J connectivity index is 1.82. The summed E-state index contributed by atoms with van der Waals surface area (Å²) in [7, 11) is 0. The highest BCUT2D eigenvalue weighted by molar-refractivity contribution is 6.35. The number of nitrogens with one attached hydrogen (secondary N) is 2. The fourth-order valence-corrected chi connectivity index (χ4v) is 2.08. The van der Waals surface area contributed by atoms with Gasteiger partial charge in [-0.2, -0.15) is 0 Å². The van der Waals surface area contributed by atoms with E-state index in [1.54, 1.807) is 24.3 Å². The summed E-state index contributed by atoms with van der Waals surface area (Å²) in [6, 6.07) is 8.03. The predicted molar refractivity (Wildman–Crippen MR) is 90.6 cm³/mol. The van der Waals surface area contributed by atoms with Crippen LogP contribution < -0.4 is 15.6 Å². The first-order chi connectivity index (χ1) is 11.5. The Morgan fingerprint density at radius 2 is 2.04 bits per heavy atom. The second-order valence-electron chi connectivity index (χ2n) is 4.66. The van der Waals surface area contributed by atoms with Crippen molar-refractivity contribution in [3.63, 3.8) is 0 Å². The molecule has 0 aliphatic rings. The molecule has 24 heavy (non-hydrogen) atoms. The fourth-order valence-electron chi connectivity index (χ4n) is 1.63.